The molecule has 1 aliphatic rings. The maximum Gasteiger partial charge on any atom is 0.342 e. The third-order valence-electron chi connectivity index (χ3n) is 4.06. The van der Waals surface area contributed by atoms with Crippen LogP contribution in [0.25, 0.3) is 6.08 Å². The van der Waals surface area contributed by atoms with Crippen LogP contribution < -0.4 is 4.74 Å². The van der Waals surface area contributed by atoms with Crippen LogP contribution in [0.4, 0.5) is 0 Å². The van der Waals surface area contributed by atoms with Crippen molar-refractivity contribution in [3.05, 3.63) is 47.1 Å². The molecule has 0 bridgehead atoms. The van der Waals surface area contributed by atoms with Crippen molar-refractivity contribution >= 4 is 18.0 Å². The Bertz CT molecular complexity index is 761. The van der Waals surface area contributed by atoms with Gasteiger partial charge in [-0.2, -0.15) is 0 Å². The number of rotatable bonds is 7. The SMILES string of the molecule is COC(=O)C1=C(C(=O)OC)C(OC)(OC)OC1/C=C/c1ccccc1OC. The molecule has 1 aromatic carbocycles. The lowest BCUT2D eigenvalue weighted by Gasteiger charge is -2.27. The van der Waals surface area contributed by atoms with Crippen molar-refractivity contribution in [1.29, 1.82) is 0 Å². The summed E-state index contributed by atoms with van der Waals surface area (Å²) in [5.74, 6) is -2.85. The molecule has 0 radical (unpaired) electrons. The van der Waals surface area contributed by atoms with Gasteiger partial charge in [0.05, 0.1) is 26.9 Å². The van der Waals surface area contributed by atoms with Gasteiger partial charge in [0.1, 0.15) is 17.4 Å². The highest BCUT2D eigenvalue weighted by Crippen LogP contribution is 2.39. The monoisotopic (exact) mass is 378 g/mol. The van der Waals surface area contributed by atoms with Crippen LogP contribution >= 0.6 is 0 Å². The maximum atomic E-state index is 12.4. The quantitative estimate of drug-likeness (QED) is 0.523. The smallest absolute Gasteiger partial charge is 0.342 e. The first-order valence-electron chi connectivity index (χ1n) is 7.98. The summed E-state index contributed by atoms with van der Waals surface area (Å²) in [6, 6.07) is 7.29. The number of hydrogen-bond acceptors (Lipinski definition) is 8. The maximum absolute atomic E-state index is 12.4. The molecule has 1 heterocycles. The third-order valence-corrected chi connectivity index (χ3v) is 4.06. The second-order valence-electron chi connectivity index (χ2n) is 5.38. The van der Waals surface area contributed by atoms with Crippen LogP contribution in [-0.4, -0.2) is 59.6 Å². The Morgan fingerprint density at radius 3 is 2.19 bits per heavy atom. The van der Waals surface area contributed by atoms with Gasteiger partial charge in [-0.3, -0.25) is 0 Å². The zero-order valence-corrected chi connectivity index (χ0v) is 15.8. The summed E-state index contributed by atoms with van der Waals surface area (Å²) in [7, 11) is 6.50. The Balaban J connectivity index is 2.55. The summed E-state index contributed by atoms with van der Waals surface area (Å²) < 4.78 is 31.2. The van der Waals surface area contributed by atoms with E-state index in [1.807, 2.05) is 18.2 Å². The Labute approximate surface area is 157 Å². The summed E-state index contributed by atoms with van der Waals surface area (Å²) in [6.07, 6.45) is 2.30. The molecule has 0 fully saturated rings. The fourth-order valence-corrected chi connectivity index (χ4v) is 2.77. The molecular weight excluding hydrogens is 356 g/mol. The van der Waals surface area contributed by atoms with Gasteiger partial charge in [-0.25, -0.2) is 9.59 Å². The minimum atomic E-state index is -1.90. The molecule has 0 saturated heterocycles. The standard InChI is InChI=1S/C19H22O8/c1-22-13-9-7-6-8-12(13)10-11-14-15(17(20)23-2)16(18(21)24-3)19(25-4,26-5)27-14/h6-11,14H,1-5H3/b11-10+. The van der Waals surface area contributed by atoms with Crippen molar-refractivity contribution in [1.82, 2.24) is 0 Å². The van der Waals surface area contributed by atoms with Gasteiger partial charge in [-0.1, -0.05) is 30.4 Å². The average molecular weight is 378 g/mol. The summed E-state index contributed by atoms with van der Waals surface area (Å²) in [5.41, 5.74) is 0.468. The van der Waals surface area contributed by atoms with Gasteiger partial charge >= 0.3 is 17.9 Å². The van der Waals surface area contributed by atoms with E-state index in [4.69, 9.17) is 28.4 Å². The van der Waals surface area contributed by atoms with Crippen LogP contribution in [0.3, 0.4) is 0 Å². The van der Waals surface area contributed by atoms with E-state index in [9.17, 15) is 9.59 Å². The van der Waals surface area contributed by atoms with Crippen molar-refractivity contribution in [2.75, 3.05) is 35.5 Å². The molecule has 8 heteroatoms. The van der Waals surface area contributed by atoms with E-state index < -0.39 is 24.0 Å². The summed E-state index contributed by atoms with van der Waals surface area (Å²) >= 11 is 0. The molecule has 0 aliphatic carbocycles. The topological polar surface area (TPSA) is 89.5 Å². The Kier molecular flexibility index (Phi) is 6.73. The van der Waals surface area contributed by atoms with Gasteiger partial charge in [0.2, 0.25) is 0 Å². The van der Waals surface area contributed by atoms with Crippen LogP contribution in [0.2, 0.25) is 0 Å². The van der Waals surface area contributed by atoms with Crippen molar-refractivity contribution < 1.29 is 38.0 Å². The molecule has 1 atom stereocenters. The van der Waals surface area contributed by atoms with Crippen molar-refractivity contribution in [3.63, 3.8) is 0 Å². The van der Waals surface area contributed by atoms with E-state index in [0.717, 1.165) is 5.56 Å². The number of methoxy groups -OCH3 is 5. The molecular formula is C19H22O8. The number of esters is 2. The van der Waals surface area contributed by atoms with Gasteiger partial charge in [-0.05, 0) is 6.07 Å². The molecule has 2 rings (SSSR count). The molecule has 27 heavy (non-hydrogen) atoms. The highest BCUT2D eigenvalue weighted by atomic mass is 16.9. The van der Waals surface area contributed by atoms with Gasteiger partial charge in [0, 0.05) is 19.8 Å². The highest BCUT2D eigenvalue weighted by Gasteiger charge is 2.54. The molecule has 1 aromatic rings. The van der Waals surface area contributed by atoms with Crippen LogP contribution in [0.15, 0.2) is 41.5 Å². The fraction of sp³-hybridized carbons (Fsp3) is 0.368. The summed E-state index contributed by atoms with van der Waals surface area (Å²) in [4.78, 5) is 24.7. The first-order chi connectivity index (χ1) is 13.0. The number of ether oxygens (including phenoxy) is 6. The lowest BCUT2D eigenvalue weighted by atomic mass is 10.0. The molecule has 0 amide bonds. The summed E-state index contributed by atoms with van der Waals surface area (Å²) in [5, 5.41) is 0. The Morgan fingerprint density at radius 2 is 1.63 bits per heavy atom. The van der Waals surface area contributed by atoms with Gasteiger partial charge < -0.3 is 28.4 Å². The second kappa shape index (κ2) is 8.81. The average Bonchev–Trinajstić information content (AvgIpc) is 3.06. The number of hydrogen-bond donors (Lipinski definition) is 0. The van der Waals surface area contributed by atoms with E-state index in [0.29, 0.717) is 5.75 Å². The van der Waals surface area contributed by atoms with Crippen LogP contribution in [0.5, 0.6) is 5.75 Å². The molecule has 0 spiro atoms. The molecule has 1 aliphatic heterocycles. The zero-order valence-electron chi connectivity index (χ0n) is 15.8. The minimum absolute atomic E-state index is 0.0702. The van der Waals surface area contributed by atoms with E-state index in [2.05, 4.69) is 0 Å². The number of carbonyl (C=O) groups excluding carboxylic acids is 2. The van der Waals surface area contributed by atoms with Crippen LogP contribution in [0.1, 0.15) is 5.56 Å². The summed E-state index contributed by atoms with van der Waals surface area (Å²) in [6.45, 7) is 0. The number of para-hydroxylation sites is 1. The number of benzene rings is 1. The lowest BCUT2D eigenvalue weighted by molar-refractivity contribution is -0.331. The first kappa shape index (κ1) is 20.6. The van der Waals surface area contributed by atoms with E-state index >= 15 is 0 Å². The van der Waals surface area contributed by atoms with Gasteiger partial charge in [0.15, 0.2) is 0 Å². The zero-order chi connectivity index (χ0) is 20.0. The fourth-order valence-electron chi connectivity index (χ4n) is 2.77. The van der Waals surface area contributed by atoms with Crippen molar-refractivity contribution in [3.8, 4) is 5.75 Å². The van der Waals surface area contributed by atoms with E-state index in [1.165, 1.54) is 28.4 Å². The molecule has 0 N–H and O–H groups in total. The first-order valence-corrected chi connectivity index (χ1v) is 7.98. The van der Waals surface area contributed by atoms with E-state index in [1.54, 1.807) is 25.3 Å². The second-order valence-corrected chi connectivity index (χ2v) is 5.38. The normalized spacial score (nSPS) is 18.6. The molecule has 0 aromatic heterocycles. The number of carbonyl (C=O) groups is 2. The lowest BCUT2D eigenvalue weighted by Crippen LogP contribution is -2.40. The molecule has 0 saturated carbocycles. The van der Waals surface area contributed by atoms with Gasteiger partial charge in [-0.15, -0.1) is 0 Å². The van der Waals surface area contributed by atoms with Crippen LogP contribution in [0, 0.1) is 0 Å². The largest absolute Gasteiger partial charge is 0.496 e. The van der Waals surface area contributed by atoms with E-state index in [-0.39, 0.29) is 11.1 Å². The molecule has 8 nitrogen and oxygen atoms in total. The Morgan fingerprint density at radius 1 is 1.00 bits per heavy atom. The minimum Gasteiger partial charge on any atom is -0.496 e. The van der Waals surface area contributed by atoms with Crippen molar-refractivity contribution in [2.45, 2.75) is 12.1 Å². The predicted octanol–water partition coefficient (Wildman–Crippen LogP) is 1.70. The molecule has 146 valence electrons. The third kappa shape index (κ3) is 3.87. The van der Waals surface area contributed by atoms with Crippen LogP contribution in [-0.2, 0) is 33.3 Å². The highest BCUT2D eigenvalue weighted by molar-refractivity contribution is 6.03. The van der Waals surface area contributed by atoms with Crippen molar-refractivity contribution in [2.24, 2.45) is 0 Å². The predicted molar refractivity (Wildman–Crippen MR) is 94.7 cm³/mol. The Hall–Kier alpha value is -2.68. The van der Waals surface area contributed by atoms with Gasteiger partial charge in [0.25, 0.3) is 0 Å². The molecule has 1 unspecified atom stereocenters.